The molecule has 2 N–H and O–H groups in total. The zero-order valence-electron chi connectivity index (χ0n) is 10.6. The third-order valence-corrected chi connectivity index (χ3v) is 3.93. The topological polar surface area (TPSA) is 75.1 Å². The number of carboxylic acids is 1. The van der Waals surface area contributed by atoms with E-state index in [4.69, 9.17) is 5.11 Å². The van der Waals surface area contributed by atoms with Crippen molar-refractivity contribution in [3.8, 4) is 0 Å². The van der Waals surface area contributed by atoms with Gasteiger partial charge in [-0.2, -0.15) is 0 Å². The normalized spacial score (nSPS) is 10.7. The number of aromatic nitrogens is 2. The molecular formula is C14H11N3O2S. The number of hydrogen-bond acceptors (Lipinski definition) is 5. The summed E-state index contributed by atoms with van der Waals surface area (Å²) in [5.41, 5.74) is 2.16. The first-order valence-corrected chi connectivity index (χ1v) is 6.78. The number of carbonyl (C=O) groups is 1. The molecule has 0 amide bonds. The molecule has 0 radical (unpaired) electrons. The number of carboxylic acid groups (broad SMARTS) is 1. The van der Waals surface area contributed by atoms with E-state index in [0.717, 1.165) is 27.9 Å². The van der Waals surface area contributed by atoms with E-state index < -0.39 is 5.97 Å². The standard InChI is InChI=1S/C14H11N3O2S/c1-8-12(13(18)19)20-14(16-8)17-10-6-2-4-9-5-3-7-15-11(9)10/h2-7H,1H3,(H,16,17)(H,18,19). The summed E-state index contributed by atoms with van der Waals surface area (Å²) < 4.78 is 0. The molecule has 0 aliphatic rings. The summed E-state index contributed by atoms with van der Waals surface area (Å²) in [7, 11) is 0. The lowest BCUT2D eigenvalue weighted by Gasteiger charge is -2.05. The van der Waals surface area contributed by atoms with Crippen LogP contribution in [-0.2, 0) is 0 Å². The summed E-state index contributed by atoms with van der Waals surface area (Å²) in [5.74, 6) is -0.955. The Labute approximate surface area is 118 Å². The lowest BCUT2D eigenvalue weighted by atomic mass is 10.2. The molecule has 100 valence electrons. The fourth-order valence-corrected chi connectivity index (χ4v) is 2.79. The fourth-order valence-electron chi connectivity index (χ4n) is 1.97. The first-order valence-electron chi connectivity index (χ1n) is 5.96. The van der Waals surface area contributed by atoms with E-state index in [1.165, 1.54) is 0 Å². The van der Waals surface area contributed by atoms with Crippen molar-refractivity contribution in [1.82, 2.24) is 9.97 Å². The Morgan fingerprint density at radius 2 is 2.10 bits per heavy atom. The molecule has 2 heterocycles. The van der Waals surface area contributed by atoms with Crippen molar-refractivity contribution in [2.24, 2.45) is 0 Å². The van der Waals surface area contributed by atoms with Crippen LogP contribution in [0.25, 0.3) is 10.9 Å². The Hall–Kier alpha value is -2.47. The van der Waals surface area contributed by atoms with Gasteiger partial charge in [0.2, 0.25) is 0 Å². The number of rotatable bonds is 3. The molecule has 0 spiro atoms. The molecule has 2 aromatic heterocycles. The second-order valence-electron chi connectivity index (χ2n) is 4.24. The van der Waals surface area contributed by atoms with Gasteiger partial charge < -0.3 is 10.4 Å². The Morgan fingerprint density at radius 1 is 1.30 bits per heavy atom. The fraction of sp³-hybridized carbons (Fsp3) is 0.0714. The molecule has 0 aliphatic carbocycles. The second-order valence-corrected chi connectivity index (χ2v) is 5.24. The molecule has 0 saturated heterocycles. The van der Waals surface area contributed by atoms with E-state index in [1.807, 2.05) is 30.3 Å². The molecule has 20 heavy (non-hydrogen) atoms. The number of thiazole rings is 1. The van der Waals surface area contributed by atoms with Crippen LogP contribution in [0.2, 0.25) is 0 Å². The largest absolute Gasteiger partial charge is 0.477 e. The van der Waals surface area contributed by atoms with Crippen molar-refractivity contribution in [2.75, 3.05) is 5.32 Å². The Morgan fingerprint density at radius 3 is 2.85 bits per heavy atom. The third kappa shape index (κ3) is 2.21. The summed E-state index contributed by atoms with van der Waals surface area (Å²) >= 11 is 1.12. The number of benzene rings is 1. The number of anilines is 2. The maximum absolute atomic E-state index is 11.0. The van der Waals surface area contributed by atoms with Gasteiger partial charge in [-0.15, -0.1) is 0 Å². The zero-order valence-corrected chi connectivity index (χ0v) is 11.4. The summed E-state index contributed by atoms with van der Waals surface area (Å²) in [6.45, 7) is 1.69. The predicted octanol–water partition coefficient (Wildman–Crippen LogP) is 3.44. The molecular weight excluding hydrogens is 274 g/mol. The smallest absolute Gasteiger partial charge is 0.347 e. The number of nitrogens with zero attached hydrogens (tertiary/aromatic N) is 2. The highest BCUT2D eigenvalue weighted by atomic mass is 32.1. The average Bonchev–Trinajstić information content (AvgIpc) is 2.80. The second kappa shape index (κ2) is 4.90. The third-order valence-electron chi connectivity index (χ3n) is 2.87. The summed E-state index contributed by atoms with van der Waals surface area (Å²) in [4.78, 5) is 19.9. The summed E-state index contributed by atoms with van der Waals surface area (Å²) in [6.07, 6.45) is 1.73. The lowest BCUT2D eigenvalue weighted by Crippen LogP contribution is -1.94. The van der Waals surface area contributed by atoms with Crippen LogP contribution in [0.5, 0.6) is 0 Å². The van der Waals surface area contributed by atoms with Crippen molar-refractivity contribution in [3.05, 3.63) is 47.1 Å². The van der Waals surface area contributed by atoms with Crippen LogP contribution in [0.15, 0.2) is 36.5 Å². The quantitative estimate of drug-likeness (QED) is 0.771. The van der Waals surface area contributed by atoms with Gasteiger partial charge in [-0.25, -0.2) is 9.78 Å². The predicted molar refractivity (Wildman–Crippen MR) is 78.8 cm³/mol. The zero-order chi connectivity index (χ0) is 14.1. The van der Waals surface area contributed by atoms with Gasteiger partial charge in [0.25, 0.3) is 0 Å². The van der Waals surface area contributed by atoms with Crippen molar-refractivity contribution < 1.29 is 9.90 Å². The van der Waals surface area contributed by atoms with E-state index in [2.05, 4.69) is 15.3 Å². The van der Waals surface area contributed by atoms with Crippen LogP contribution in [0, 0.1) is 6.92 Å². The van der Waals surface area contributed by atoms with E-state index >= 15 is 0 Å². The number of hydrogen-bond donors (Lipinski definition) is 2. The van der Waals surface area contributed by atoms with Gasteiger partial charge >= 0.3 is 5.97 Å². The number of pyridine rings is 1. The van der Waals surface area contributed by atoms with Crippen molar-refractivity contribution in [3.63, 3.8) is 0 Å². The number of nitrogens with one attached hydrogen (secondary N) is 1. The Kier molecular flexibility index (Phi) is 3.08. The maximum atomic E-state index is 11.0. The van der Waals surface area contributed by atoms with Gasteiger partial charge in [0, 0.05) is 11.6 Å². The number of fused-ring (bicyclic) bond motifs is 1. The summed E-state index contributed by atoms with van der Waals surface area (Å²) in [6, 6.07) is 9.65. The molecule has 5 nitrogen and oxygen atoms in total. The molecule has 0 saturated carbocycles. The van der Waals surface area contributed by atoms with Gasteiger partial charge in [0.05, 0.1) is 16.9 Å². The van der Waals surface area contributed by atoms with Crippen LogP contribution in [0.1, 0.15) is 15.4 Å². The molecule has 6 heteroatoms. The molecule has 1 aromatic carbocycles. The highest BCUT2D eigenvalue weighted by Crippen LogP contribution is 2.28. The molecule has 0 unspecified atom stereocenters. The molecule has 0 fully saturated rings. The minimum absolute atomic E-state index is 0.251. The van der Waals surface area contributed by atoms with Gasteiger partial charge in [-0.05, 0) is 19.1 Å². The molecule has 0 aliphatic heterocycles. The summed E-state index contributed by atoms with van der Waals surface area (Å²) in [5, 5.41) is 13.8. The number of aromatic carboxylic acids is 1. The monoisotopic (exact) mass is 285 g/mol. The first kappa shape index (κ1) is 12.6. The first-order chi connectivity index (χ1) is 9.65. The molecule has 3 rings (SSSR count). The lowest BCUT2D eigenvalue weighted by molar-refractivity contribution is 0.0701. The van der Waals surface area contributed by atoms with Crippen LogP contribution in [0.3, 0.4) is 0 Å². The van der Waals surface area contributed by atoms with E-state index in [0.29, 0.717) is 10.8 Å². The Bertz CT molecular complexity index is 793. The number of para-hydroxylation sites is 1. The van der Waals surface area contributed by atoms with E-state index in [-0.39, 0.29) is 4.88 Å². The average molecular weight is 285 g/mol. The molecule has 3 aromatic rings. The van der Waals surface area contributed by atoms with Crippen LogP contribution >= 0.6 is 11.3 Å². The Balaban J connectivity index is 2.01. The van der Waals surface area contributed by atoms with Crippen LogP contribution < -0.4 is 5.32 Å². The number of aryl methyl sites for hydroxylation is 1. The van der Waals surface area contributed by atoms with Crippen molar-refractivity contribution in [2.45, 2.75) is 6.92 Å². The maximum Gasteiger partial charge on any atom is 0.347 e. The minimum Gasteiger partial charge on any atom is -0.477 e. The minimum atomic E-state index is -0.955. The van der Waals surface area contributed by atoms with Gasteiger partial charge in [-0.1, -0.05) is 29.5 Å². The van der Waals surface area contributed by atoms with Gasteiger partial charge in [0.1, 0.15) is 4.88 Å². The van der Waals surface area contributed by atoms with Crippen LogP contribution in [0.4, 0.5) is 10.8 Å². The van der Waals surface area contributed by atoms with Crippen molar-refractivity contribution in [1.29, 1.82) is 0 Å². The SMILES string of the molecule is Cc1nc(Nc2cccc3cccnc23)sc1C(=O)O. The molecule has 0 atom stereocenters. The molecule has 0 bridgehead atoms. The van der Waals surface area contributed by atoms with E-state index in [9.17, 15) is 4.79 Å². The van der Waals surface area contributed by atoms with Gasteiger partial charge in [0.15, 0.2) is 5.13 Å². The highest BCUT2D eigenvalue weighted by molar-refractivity contribution is 7.17. The van der Waals surface area contributed by atoms with E-state index in [1.54, 1.807) is 13.1 Å². The van der Waals surface area contributed by atoms with Crippen molar-refractivity contribution >= 4 is 39.0 Å². The highest BCUT2D eigenvalue weighted by Gasteiger charge is 2.14. The van der Waals surface area contributed by atoms with Crippen LogP contribution in [-0.4, -0.2) is 21.0 Å². The van der Waals surface area contributed by atoms with Gasteiger partial charge in [-0.3, -0.25) is 4.98 Å².